The van der Waals surface area contributed by atoms with E-state index in [1.54, 1.807) is 54.6 Å². The molecule has 1 aliphatic heterocycles. The number of fused-ring (bicyclic) bond motifs is 1. The van der Waals surface area contributed by atoms with E-state index in [1.165, 1.54) is 10.8 Å². The number of amides is 1. The number of hydrogen-bond donors (Lipinski definition) is 1. The molecule has 1 N–H and O–H groups in total. The van der Waals surface area contributed by atoms with E-state index < -0.39 is 5.56 Å². The van der Waals surface area contributed by atoms with Crippen molar-refractivity contribution < 1.29 is 18.8 Å². The van der Waals surface area contributed by atoms with Crippen LogP contribution in [0.15, 0.2) is 70.1 Å². The van der Waals surface area contributed by atoms with Crippen molar-refractivity contribution >= 4 is 23.2 Å². The maximum atomic E-state index is 12.9. The highest BCUT2D eigenvalue weighted by Crippen LogP contribution is 2.34. The van der Waals surface area contributed by atoms with Crippen molar-refractivity contribution in [2.75, 3.05) is 12.1 Å². The summed E-state index contributed by atoms with van der Waals surface area (Å²) in [6.45, 7) is -0.0520. The van der Waals surface area contributed by atoms with E-state index in [0.717, 1.165) is 0 Å². The average molecular weight is 451 g/mol. The molecule has 0 radical (unpaired) electrons. The minimum Gasteiger partial charge on any atom is -0.454 e. The molecule has 3 heterocycles. The van der Waals surface area contributed by atoms with Crippen LogP contribution < -0.4 is 20.3 Å². The van der Waals surface area contributed by atoms with Gasteiger partial charge in [-0.05, 0) is 48.5 Å². The zero-order chi connectivity index (χ0) is 22.1. The number of nitrogens with one attached hydrogen (secondary N) is 1. The van der Waals surface area contributed by atoms with Gasteiger partial charge in [0.25, 0.3) is 11.4 Å². The monoisotopic (exact) mass is 450 g/mol. The van der Waals surface area contributed by atoms with E-state index in [2.05, 4.69) is 15.5 Å². The maximum Gasteiger partial charge on any atom is 0.263 e. The third-order valence-corrected chi connectivity index (χ3v) is 5.00. The Morgan fingerprint density at radius 3 is 2.75 bits per heavy atom. The standard InChI is InChI=1S/C22H15ClN4O5/c23-14-5-3-13(4-6-14)20-25-21(32-26-20)16-2-1-9-27(22(16)29)11-19(28)24-15-7-8-17-18(10-15)31-12-30-17/h1-10H,11-12H2,(H,24,28). The summed E-state index contributed by atoms with van der Waals surface area (Å²) in [6.07, 6.45) is 1.52. The number of ether oxygens (including phenoxy) is 2. The lowest BCUT2D eigenvalue weighted by molar-refractivity contribution is -0.116. The summed E-state index contributed by atoms with van der Waals surface area (Å²) in [5, 5.41) is 7.26. The topological polar surface area (TPSA) is 108 Å². The first-order chi connectivity index (χ1) is 15.6. The normalized spacial score (nSPS) is 12.0. The first-order valence-corrected chi connectivity index (χ1v) is 9.93. The molecule has 0 spiro atoms. The summed E-state index contributed by atoms with van der Waals surface area (Å²) in [5.41, 5.74) is 0.993. The summed E-state index contributed by atoms with van der Waals surface area (Å²) in [6, 6.07) is 15.2. The quantitative estimate of drug-likeness (QED) is 0.495. The van der Waals surface area contributed by atoms with Gasteiger partial charge in [0.2, 0.25) is 18.5 Å². The number of benzene rings is 2. The molecular formula is C22H15ClN4O5. The number of carbonyl (C=O) groups is 1. The van der Waals surface area contributed by atoms with Gasteiger partial charge < -0.3 is 23.9 Å². The Labute approximate surface area is 186 Å². The molecule has 0 saturated heterocycles. The van der Waals surface area contributed by atoms with Gasteiger partial charge >= 0.3 is 0 Å². The van der Waals surface area contributed by atoms with Gasteiger partial charge in [-0.25, -0.2) is 0 Å². The van der Waals surface area contributed by atoms with Crippen LogP contribution in [0.1, 0.15) is 0 Å². The van der Waals surface area contributed by atoms with Gasteiger partial charge in [-0.15, -0.1) is 0 Å². The van der Waals surface area contributed by atoms with E-state index in [-0.39, 0.29) is 30.7 Å². The van der Waals surface area contributed by atoms with Crippen molar-refractivity contribution in [3.05, 3.63) is 76.2 Å². The van der Waals surface area contributed by atoms with Crippen molar-refractivity contribution in [1.82, 2.24) is 14.7 Å². The number of carbonyl (C=O) groups excluding carboxylic acids is 1. The highest BCUT2D eigenvalue weighted by molar-refractivity contribution is 6.30. The molecule has 2 aromatic heterocycles. The number of pyridine rings is 1. The van der Waals surface area contributed by atoms with Gasteiger partial charge in [0, 0.05) is 28.5 Å². The van der Waals surface area contributed by atoms with Crippen LogP contribution in [0, 0.1) is 0 Å². The minimum absolute atomic E-state index is 0.0606. The molecule has 0 atom stereocenters. The third-order valence-electron chi connectivity index (χ3n) is 4.75. The Morgan fingerprint density at radius 2 is 1.91 bits per heavy atom. The van der Waals surface area contributed by atoms with Crippen LogP contribution in [0.25, 0.3) is 22.8 Å². The fraction of sp³-hybridized carbons (Fsp3) is 0.0909. The summed E-state index contributed by atoms with van der Waals surface area (Å²) >= 11 is 5.90. The molecule has 9 nitrogen and oxygen atoms in total. The molecule has 0 aliphatic carbocycles. The number of halogens is 1. The third kappa shape index (κ3) is 3.93. The predicted octanol–water partition coefficient (Wildman–Crippen LogP) is 3.59. The summed E-state index contributed by atoms with van der Waals surface area (Å²) in [4.78, 5) is 29.7. The molecule has 0 fully saturated rings. The molecule has 0 bridgehead atoms. The van der Waals surface area contributed by atoms with Crippen LogP contribution in [0.4, 0.5) is 5.69 Å². The lowest BCUT2D eigenvalue weighted by Gasteiger charge is -2.08. The first-order valence-electron chi connectivity index (χ1n) is 9.56. The fourth-order valence-corrected chi connectivity index (χ4v) is 3.33. The fourth-order valence-electron chi connectivity index (χ4n) is 3.20. The van der Waals surface area contributed by atoms with Crippen molar-refractivity contribution in [1.29, 1.82) is 0 Å². The number of rotatable bonds is 5. The van der Waals surface area contributed by atoms with E-state index in [9.17, 15) is 9.59 Å². The second kappa shape index (κ2) is 8.20. The van der Waals surface area contributed by atoms with Crippen LogP contribution in [-0.4, -0.2) is 27.4 Å². The van der Waals surface area contributed by atoms with E-state index >= 15 is 0 Å². The van der Waals surface area contributed by atoms with Gasteiger partial charge in [0.15, 0.2) is 11.5 Å². The molecule has 0 saturated carbocycles. The highest BCUT2D eigenvalue weighted by atomic mass is 35.5. The lowest BCUT2D eigenvalue weighted by atomic mass is 10.2. The molecule has 2 aromatic carbocycles. The summed E-state index contributed by atoms with van der Waals surface area (Å²) < 4.78 is 17.1. The second-order valence-corrected chi connectivity index (χ2v) is 7.34. The van der Waals surface area contributed by atoms with Gasteiger partial charge in [0.05, 0.1) is 0 Å². The van der Waals surface area contributed by atoms with Crippen LogP contribution in [-0.2, 0) is 11.3 Å². The summed E-state index contributed by atoms with van der Waals surface area (Å²) in [5.74, 6) is 1.17. The Bertz CT molecular complexity index is 1360. The average Bonchev–Trinajstić information content (AvgIpc) is 3.45. The molecule has 32 heavy (non-hydrogen) atoms. The zero-order valence-corrected chi connectivity index (χ0v) is 17.2. The SMILES string of the molecule is O=C(Cn1cccc(-c2nc(-c3ccc(Cl)cc3)no2)c1=O)Nc1ccc2c(c1)OCO2. The van der Waals surface area contributed by atoms with Crippen molar-refractivity contribution in [3.63, 3.8) is 0 Å². The van der Waals surface area contributed by atoms with Gasteiger partial charge in [-0.3, -0.25) is 9.59 Å². The Morgan fingerprint density at radius 1 is 1.09 bits per heavy atom. The zero-order valence-electron chi connectivity index (χ0n) is 16.4. The number of nitrogens with zero attached hydrogens (tertiary/aromatic N) is 3. The van der Waals surface area contributed by atoms with Crippen molar-refractivity contribution in [2.45, 2.75) is 6.54 Å². The highest BCUT2D eigenvalue weighted by Gasteiger charge is 2.17. The van der Waals surface area contributed by atoms with Crippen LogP contribution >= 0.6 is 11.6 Å². The second-order valence-electron chi connectivity index (χ2n) is 6.90. The van der Waals surface area contributed by atoms with E-state index in [4.69, 9.17) is 25.6 Å². The van der Waals surface area contributed by atoms with Crippen LogP contribution in [0.2, 0.25) is 5.02 Å². The Hall–Kier alpha value is -4.11. The number of hydrogen-bond acceptors (Lipinski definition) is 7. The maximum absolute atomic E-state index is 12.9. The molecule has 5 rings (SSSR count). The first kappa shape index (κ1) is 19.8. The molecule has 10 heteroatoms. The molecule has 0 unspecified atom stereocenters. The largest absolute Gasteiger partial charge is 0.454 e. The smallest absolute Gasteiger partial charge is 0.263 e. The Balaban J connectivity index is 1.34. The molecule has 4 aromatic rings. The van der Waals surface area contributed by atoms with Gasteiger partial charge in [-0.2, -0.15) is 4.98 Å². The van der Waals surface area contributed by atoms with Crippen LogP contribution in [0.3, 0.4) is 0 Å². The van der Waals surface area contributed by atoms with Gasteiger partial charge in [-0.1, -0.05) is 16.8 Å². The molecule has 160 valence electrons. The lowest BCUT2D eigenvalue weighted by Crippen LogP contribution is -2.28. The van der Waals surface area contributed by atoms with E-state index in [0.29, 0.717) is 33.6 Å². The molecule has 1 aliphatic rings. The predicted molar refractivity (Wildman–Crippen MR) is 116 cm³/mol. The van der Waals surface area contributed by atoms with E-state index in [1.807, 2.05) is 0 Å². The molecule has 1 amide bonds. The van der Waals surface area contributed by atoms with Crippen molar-refractivity contribution in [2.24, 2.45) is 0 Å². The number of anilines is 1. The minimum atomic E-state index is -0.431. The van der Waals surface area contributed by atoms with Crippen LogP contribution in [0.5, 0.6) is 11.5 Å². The molecular weight excluding hydrogens is 436 g/mol. The number of aromatic nitrogens is 3. The van der Waals surface area contributed by atoms with Gasteiger partial charge in [0.1, 0.15) is 12.1 Å². The Kier molecular flexibility index (Phi) is 5.08. The van der Waals surface area contributed by atoms with Crippen molar-refractivity contribution in [3.8, 4) is 34.3 Å². The summed E-state index contributed by atoms with van der Waals surface area (Å²) in [7, 11) is 0.